The Bertz CT molecular complexity index is 5090. The van der Waals surface area contributed by atoms with E-state index >= 15 is 0 Å². The van der Waals surface area contributed by atoms with Crippen LogP contribution in [-0.2, 0) is 40.1 Å². The third kappa shape index (κ3) is 20.2. The van der Waals surface area contributed by atoms with Crippen molar-refractivity contribution in [3.8, 4) is 0 Å². The van der Waals surface area contributed by atoms with Gasteiger partial charge in [0.15, 0.2) is 0 Å². The van der Waals surface area contributed by atoms with Crippen LogP contribution in [0.1, 0.15) is 226 Å². The van der Waals surface area contributed by atoms with Gasteiger partial charge in [0, 0.05) is 113 Å². The van der Waals surface area contributed by atoms with E-state index in [1.54, 1.807) is 73.9 Å². The van der Waals surface area contributed by atoms with E-state index in [9.17, 15) is 65.9 Å². The van der Waals surface area contributed by atoms with Crippen LogP contribution in [0.25, 0.3) is 0 Å². The molecule has 700 valence electrons. The summed E-state index contributed by atoms with van der Waals surface area (Å²) in [5.41, 5.74) is 2.66. The van der Waals surface area contributed by atoms with Crippen molar-refractivity contribution in [2.45, 2.75) is 283 Å². The highest BCUT2D eigenvalue weighted by atomic mass is 19.4. The smallest absolute Gasteiger partial charge is 0.391 e. The number of amides is 4. The van der Waals surface area contributed by atoms with E-state index in [0.29, 0.717) is 60.4 Å². The molecule has 16 rings (SSSR count). The Kier molecular flexibility index (Phi) is 28.5. The van der Waals surface area contributed by atoms with E-state index in [-0.39, 0.29) is 119 Å². The average molecular weight is 1810 g/mol. The molecule has 0 spiro atoms. The van der Waals surface area contributed by atoms with Crippen LogP contribution >= 0.6 is 0 Å². The Labute approximate surface area is 753 Å². The van der Waals surface area contributed by atoms with Gasteiger partial charge >= 0.3 is 12.4 Å². The van der Waals surface area contributed by atoms with Gasteiger partial charge in [0.05, 0.1) is 117 Å². The van der Waals surface area contributed by atoms with Crippen LogP contribution in [0.4, 0.5) is 37.7 Å². The number of anilines is 2. The molecule has 4 N–H and O–H groups in total. The predicted octanol–water partition coefficient (Wildman–Crippen LogP) is 15.9. The Morgan fingerprint density at radius 3 is 0.838 bits per heavy atom. The fourth-order valence-corrected chi connectivity index (χ4v) is 19.1. The number of carbonyl (C=O) groups excluding carboxylic acids is 4. The molecule has 0 radical (unpaired) electrons. The highest BCUT2D eigenvalue weighted by Gasteiger charge is 2.65. The SMILES string of the molecule is Cc1cc(C(C(=O)N2C[C@H](O)C[C@H]2C2=NN(c3ccccc3)C(C)(C)C2)C(C)C)on1.Cc1cc([C@H](C(=O)N2C[C@H](O)C[C@H]2C2=NN(c3ccccc3)C(C)(C)C2)C(C)C)on1.Cc1ccc(C2(C(F)(F)F)CC(C3CC(O)CN3C(=O)C(c3cc(C)no3)C(C)C)=NO2)cc1.Cc1ccc(C2(C(F)(F)F)CC([C@@H]3C[C@@H](O)CN3C(=O)[C@H](c3cc(C)no3)C(C)C)=NO2)cc1. The molecule has 130 heavy (non-hydrogen) atoms. The van der Waals surface area contributed by atoms with Gasteiger partial charge in [-0.1, -0.05) is 182 Å². The molecule has 8 aromatic rings. The first-order chi connectivity index (χ1) is 61.2. The van der Waals surface area contributed by atoms with Crippen molar-refractivity contribution < 1.29 is 93.7 Å². The molecule has 14 atom stereocenters. The largest absolute Gasteiger partial charge is 0.435 e. The normalized spacial score (nSPS) is 25.1. The third-order valence-electron chi connectivity index (χ3n) is 25.6. The standard InChI is InChI=1S/2C24H28F3N3O4.2C24H32N4O3/c2*1-13(2)21(20-9-15(4)28-33-20)22(32)30-12-17(31)10-19(30)18-11-23(34-29-18,24(25,26)27)16-7-5-14(3)6-8-16;2*1-15(2)22(21-11-16(3)26-31-21)23(30)27-14-18(29)12-20(27)19-13-24(4,5)28(25-19)17-9-7-6-8-10-17/h2*5-9,13,17,19,21,31H,10-12H2,1-4H3;2*6-11,15,18,20,22,29H,12-14H2,1-5H3/t17-,19+,21+,23?;;18-,20+,22?;18-,20+,22-/m1.11/s1. The minimum atomic E-state index is -4.74. The van der Waals surface area contributed by atoms with Gasteiger partial charge in [0.1, 0.15) is 46.7 Å². The zero-order valence-corrected chi connectivity index (χ0v) is 76.8. The van der Waals surface area contributed by atoms with Crippen molar-refractivity contribution in [1.82, 2.24) is 40.2 Å². The summed E-state index contributed by atoms with van der Waals surface area (Å²) in [4.78, 5) is 71.2. The number of benzene rings is 4. The summed E-state index contributed by atoms with van der Waals surface area (Å²) < 4.78 is 107. The first-order valence-electron chi connectivity index (χ1n) is 44.5. The van der Waals surface area contributed by atoms with Gasteiger partial charge < -0.3 is 67.8 Å². The van der Waals surface area contributed by atoms with E-state index in [2.05, 4.69) is 58.6 Å². The Balaban J connectivity index is 0.000000148. The fourth-order valence-electron chi connectivity index (χ4n) is 19.1. The number of rotatable bonds is 20. The molecule has 8 aliphatic rings. The number of carbonyl (C=O) groups is 4. The highest BCUT2D eigenvalue weighted by molar-refractivity contribution is 6.01. The van der Waals surface area contributed by atoms with Crippen molar-refractivity contribution in [3.63, 3.8) is 0 Å². The number of aliphatic hydroxyl groups is 4. The van der Waals surface area contributed by atoms with Crippen molar-refractivity contribution in [1.29, 1.82) is 0 Å². The summed E-state index contributed by atoms with van der Waals surface area (Å²) >= 11 is 0. The molecule has 0 bridgehead atoms. The van der Waals surface area contributed by atoms with Gasteiger partial charge in [0.25, 0.3) is 11.2 Å². The van der Waals surface area contributed by atoms with Gasteiger partial charge in [-0.3, -0.25) is 29.2 Å². The van der Waals surface area contributed by atoms with E-state index in [1.165, 1.54) is 34.1 Å². The van der Waals surface area contributed by atoms with Crippen molar-refractivity contribution in [2.24, 2.45) is 44.2 Å². The van der Waals surface area contributed by atoms with Crippen LogP contribution in [0.15, 0.2) is 172 Å². The van der Waals surface area contributed by atoms with Crippen LogP contribution in [-0.4, -0.2) is 205 Å². The second-order valence-corrected chi connectivity index (χ2v) is 38.5. The lowest BCUT2D eigenvalue weighted by Crippen LogP contribution is -2.47. The molecule has 4 saturated heterocycles. The van der Waals surface area contributed by atoms with Crippen LogP contribution < -0.4 is 10.0 Å². The summed E-state index contributed by atoms with van der Waals surface area (Å²) in [6.45, 7) is 35.4. The van der Waals surface area contributed by atoms with Crippen molar-refractivity contribution in [3.05, 3.63) is 202 Å². The lowest BCUT2D eigenvalue weighted by molar-refractivity contribution is -0.276. The number of aromatic nitrogens is 4. The summed E-state index contributed by atoms with van der Waals surface area (Å²) in [6.07, 6.45) is -10.9. The molecule has 4 aromatic carbocycles. The van der Waals surface area contributed by atoms with Gasteiger partial charge in [-0.25, -0.2) is 0 Å². The molecule has 0 aliphatic carbocycles. The molecule has 6 unspecified atom stereocenters. The topological polar surface area (TPSA) is 341 Å². The van der Waals surface area contributed by atoms with Crippen LogP contribution in [0.5, 0.6) is 0 Å². The minimum Gasteiger partial charge on any atom is -0.391 e. The molecule has 34 heteroatoms. The van der Waals surface area contributed by atoms with E-state index in [0.717, 1.165) is 58.2 Å². The highest BCUT2D eigenvalue weighted by Crippen LogP contribution is 2.52. The molecule has 8 aliphatic heterocycles. The quantitative estimate of drug-likeness (QED) is 0.0515. The number of hydrazone groups is 2. The lowest BCUT2D eigenvalue weighted by atomic mass is 9.85. The minimum absolute atomic E-state index is 0.0115. The predicted molar refractivity (Wildman–Crippen MR) is 474 cm³/mol. The number of β-amino-alcohol motifs (C(OH)–C–C–N with tert-alkyl or cyclic N) is 4. The zero-order chi connectivity index (χ0) is 94.3. The number of nitrogens with zero attached hydrogens (tertiary/aromatic N) is 14. The summed E-state index contributed by atoms with van der Waals surface area (Å²) in [6, 6.07) is 37.0. The molecule has 12 heterocycles. The number of alkyl halides is 6. The van der Waals surface area contributed by atoms with Gasteiger partial charge in [-0.15, -0.1) is 0 Å². The number of aliphatic hydroxyl groups excluding tert-OH is 4. The number of hydrogen-bond donors (Lipinski definition) is 4. The molecular weight excluding hydrogens is 1690 g/mol. The number of oxime groups is 2. The summed E-state index contributed by atoms with van der Waals surface area (Å²) in [5, 5.41) is 79.0. The molecule has 28 nitrogen and oxygen atoms in total. The first-order valence-corrected chi connectivity index (χ1v) is 44.5. The van der Waals surface area contributed by atoms with Gasteiger partial charge in [-0.05, 0) is 117 Å². The van der Waals surface area contributed by atoms with Crippen LogP contribution in [0.2, 0.25) is 0 Å². The number of likely N-dealkylation sites (tertiary alicyclic amines) is 4. The second-order valence-electron chi connectivity index (χ2n) is 38.5. The maximum atomic E-state index is 14.3. The number of hydrogen-bond acceptors (Lipinski definition) is 24. The zero-order valence-electron chi connectivity index (χ0n) is 76.8. The molecular formula is C96H120F6N14O14. The van der Waals surface area contributed by atoms with E-state index in [1.807, 2.05) is 152 Å². The van der Waals surface area contributed by atoms with Crippen molar-refractivity contribution >= 4 is 57.9 Å². The van der Waals surface area contributed by atoms with E-state index in [4.69, 9.17) is 38.0 Å². The van der Waals surface area contributed by atoms with Crippen LogP contribution in [0, 0.1) is 65.2 Å². The number of halogens is 6. The Morgan fingerprint density at radius 1 is 0.369 bits per heavy atom. The Hall–Kier alpha value is -11.1. The molecule has 4 fully saturated rings. The lowest BCUT2D eigenvalue weighted by Gasteiger charge is -2.31. The van der Waals surface area contributed by atoms with Crippen molar-refractivity contribution in [2.75, 3.05) is 36.2 Å². The third-order valence-corrected chi connectivity index (χ3v) is 25.6. The number of para-hydroxylation sites is 2. The first kappa shape index (κ1) is 96.5. The maximum absolute atomic E-state index is 14.3. The summed E-state index contributed by atoms with van der Waals surface area (Å²) in [7, 11) is 0. The maximum Gasteiger partial charge on any atom is 0.435 e. The average Bonchev–Trinajstić information content (AvgIpc) is 1.60. The fraction of sp³-hybridized carbons (Fsp3) is 0.542. The number of aryl methyl sites for hydroxylation is 6. The molecule has 4 aromatic heterocycles. The molecule has 4 amide bonds. The Morgan fingerprint density at radius 2 is 0.615 bits per heavy atom. The monoisotopic (exact) mass is 1810 g/mol. The van der Waals surface area contributed by atoms with Gasteiger partial charge in [-0.2, -0.15) is 36.5 Å². The second kappa shape index (κ2) is 38.4. The van der Waals surface area contributed by atoms with E-state index < -0.39 is 96.6 Å². The summed E-state index contributed by atoms with van der Waals surface area (Å²) in [5.74, 6) is -1.35. The van der Waals surface area contributed by atoms with Gasteiger partial charge in [0.2, 0.25) is 23.6 Å². The van der Waals surface area contributed by atoms with Crippen LogP contribution in [0.3, 0.4) is 0 Å². The molecule has 0 saturated carbocycles.